The number of benzene rings is 1. The van der Waals surface area contributed by atoms with Gasteiger partial charge in [-0.05, 0) is 24.6 Å². The van der Waals surface area contributed by atoms with Crippen molar-refractivity contribution in [3.8, 4) is 0 Å². The summed E-state index contributed by atoms with van der Waals surface area (Å²) in [7, 11) is 0. The SMILES string of the molecule is CC(=O)c1csc(NC(=O)c2ccc(C)cc2F)n1. The molecule has 98 valence electrons. The first kappa shape index (κ1) is 13.4. The van der Waals surface area contributed by atoms with E-state index in [-0.39, 0.29) is 22.2 Å². The van der Waals surface area contributed by atoms with E-state index in [2.05, 4.69) is 10.3 Å². The van der Waals surface area contributed by atoms with Gasteiger partial charge < -0.3 is 0 Å². The van der Waals surface area contributed by atoms with Crippen LogP contribution < -0.4 is 5.32 Å². The van der Waals surface area contributed by atoms with Crippen LogP contribution in [0.1, 0.15) is 33.3 Å². The minimum atomic E-state index is -0.583. The van der Waals surface area contributed by atoms with E-state index < -0.39 is 11.7 Å². The molecule has 2 aromatic rings. The summed E-state index contributed by atoms with van der Waals surface area (Å²) in [5, 5.41) is 4.29. The summed E-state index contributed by atoms with van der Waals surface area (Å²) in [5.74, 6) is -1.35. The second-order valence-corrected chi connectivity index (χ2v) is 4.89. The zero-order valence-corrected chi connectivity index (χ0v) is 11.2. The quantitative estimate of drug-likeness (QED) is 0.878. The minimum absolute atomic E-state index is 0.0508. The molecule has 4 nitrogen and oxygen atoms in total. The number of hydrogen-bond acceptors (Lipinski definition) is 4. The largest absolute Gasteiger partial charge is 0.298 e. The van der Waals surface area contributed by atoms with Crippen LogP contribution in [0.5, 0.6) is 0 Å². The molecule has 0 aliphatic heterocycles. The van der Waals surface area contributed by atoms with E-state index >= 15 is 0 Å². The van der Waals surface area contributed by atoms with Gasteiger partial charge >= 0.3 is 0 Å². The van der Waals surface area contributed by atoms with Crippen molar-refractivity contribution in [2.75, 3.05) is 5.32 Å². The molecule has 0 radical (unpaired) electrons. The third-order valence-corrected chi connectivity index (χ3v) is 3.21. The third-order valence-electron chi connectivity index (χ3n) is 2.45. The molecule has 1 heterocycles. The van der Waals surface area contributed by atoms with Crippen molar-refractivity contribution < 1.29 is 14.0 Å². The van der Waals surface area contributed by atoms with E-state index in [1.807, 2.05) is 0 Å². The van der Waals surface area contributed by atoms with Gasteiger partial charge in [0.05, 0.1) is 5.56 Å². The van der Waals surface area contributed by atoms with E-state index in [1.54, 1.807) is 18.4 Å². The van der Waals surface area contributed by atoms with Crippen LogP contribution in [-0.2, 0) is 0 Å². The van der Waals surface area contributed by atoms with E-state index in [0.29, 0.717) is 0 Å². The van der Waals surface area contributed by atoms with Gasteiger partial charge in [0.1, 0.15) is 11.5 Å². The van der Waals surface area contributed by atoms with Crippen LogP contribution in [0.3, 0.4) is 0 Å². The Morgan fingerprint density at radius 1 is 1.37 bits per heavy atom. The van der Waals surface area contributed by atoms with Crippen molar-refractivity contribution in [1.82, 2.24) is 4.98 Å². The van der Waals surface area contributed by atoms with Crippen molar-refractivity contribution >= 4 is 28.2 Å². The molecule has 1 N–H and O–H groups in total. The number of rotatable bonds is 3. The Morgan fingerprint density at radius 3 is 2.68 bits per heavy atom. The van der Waals surface area contributed by atoms with Gasteiger partial charge in [-0.1, -0.05) is 6.07 Å². The van der Waals surface area contributed by atoms with Crippen molar-refractivity contribution in [1.29, 1.82) is 0 Å². The molecule has 0 saturated heterocycles. The normalized spacial score (nSPS) is 10.3. The Labute approximate surface area is 113 Å². The van der Waals surface area contributed by atoms with Gasteiger partial charge in [0, 0.05) is 12.3 Å². The first-order chi connectivity index (χ1) is 8.97. The molecule has 0 aliphatic rings. The maximum absolute atomic E-state index is 13.6. The lowest BCUT2D eigenvalue weighted by Crippen LogP contribution is -2.13. The molecule has 0 fully saturated rings. The predicted octanol–water partition coefficient (Wildman–Crippen LogP) is 3.05. The number of carbonyl (C=O) groups excluding carboxylic acids is 2. The Hall–Kier alpha value is -2.08. The number of hydrogen-bond donors (Lipinski definition) is 1. The summed E-state index contributed by atoms with van der Waals surface area (Å²) in [4.78, 5) is 26.9. The molecule has 1 amide bonds. The van der Waals surface area contributed by atoms with Crippen molar-refractivity contribution in [2.24, 2.45) is 0 Å². The highest BCUT2D eigenvalue weighted by atomic mass is 32.1. The fourth-order valence-electron chi connectivity index (χ4n) is 1.46. The molecule has 0 bridgehead atoms. The zero-order chi connectivity index (χ0) is 14.0. The van der Waals surface area contributed by atoms with Gasteiger partial charge in [-0.25, -0.2) is 9.37 Å². The Kier molecular flexibility index (Phi) is 3.71. The standard InChI is InChI=1S/C13H11FN2O2S/c1-7-3-4-9(10(14)5-7)12(18)16-13-15-11(6-19-13)8(2)17/h3-6H,1-2H3,(H,15,16,18). The second kappa shape index (κ2) is 5.27. The van der Waals surface area contributed by atoms with Crippen molar-refractivity contribution in [3.05, 3.63) is 46.2 Å². The average Bonchev–Trinajstić information content (AvgIpc) is 2.77. The van der Waals surface area contributed by atoms with E-state index in [4.69, 9.17) is 0 Å². The fraction of sp³-hybridized carbons (Fsp3) is 0.154. The van der Waals surface area contributed by atoms with E-state index in [9.17, 15) is 14.0 Å². The smallest absolute Gasteiger partial charge is 0.260 e. The summed E-state index contributed by atoms with van der Waals surface area (Å²) in [6, 6.07) is 4.36. The highest BCUT2D eigenvalue weighted by molar-refractivity contribution is 7.14. The van der Waals surface area contributed by atoms with Crippen LogP contribution in [0.4, 0.5) is 9.52 Å². The third kappa shape index (κ3) is 3.03. The van der Waals surface area contributed by atoms with Crippen LogP contribution in [-0.4, -0.2) is 16.7 Å². The first-order valence-corrected chi connectivity index (χ1v) is 6.39. The maximum Gasteiger partial charge on any atom is 0.260 e. The Morgan fingerprint density at radius 2 is 2.11 bits per heavy atom. The molecular formula is C13H11FN2O2S. The van der Waals surface area contributed by atoms with Gasteiger partial charge in [-0.15, -0.1) is 11.3 Å². The van der Waals surface area contributed by atoms with Crippen LogP contribution in [0.15, 0.2) is 23.6 Å². The highest BCUT2D eigenvalue weighted by Crippen LogP contribution is 2.18. The van der Waals surface area contributed by atoms with E-state index in [0.717, 1.165) is 16.9 Å². The number of carbonyl (C=O) groups is 2. The molecule has 6 heteroatoms. The monoisotopic (exact) mass is 278 g/mol. The van der Waals surface area contributed by atoms with Gasteiger partial charge in [0.15, 0.2) is 10.9 Å². The van der Waals surface area contributed by atoms with Gasteiger partial charge in [-0.2, -0.15) is 0 Å². The molecule has 2 rings (SSSR count). The van der Waals surface area contributed by atoms with Crippen molar-refractivity contribution in [2.45, 2.75) is 13.8 Å². The molecule has 0 spiro atoms. The number of nitrogens with zero attached hydrogens (tertiary/aromatic N) is 1. The van der Waals surface area contributed by atoms with Gasteiger partial charge in [0.25, 0.3) is 5.91 Å². The van der Waals surface area contributed by atoms with Crippen LogP contribution in [0.2, 0.25) is 0 Å². The first-order valence-electron chi connectivity index (χ1n) is 5.51. The summed E-state index contributed by atoms with van der Waals surface area (Å²) in [6.45, 7) is 3.13. The highest BCUT2D eigenvalue weighted by Gasteiger charge is 2.14. The van der Waals surface area contributed by atoms with Crippen LogP contribution in [0, 0.1) is 12.7 Å². The fourth-order valence-corrected chi connectivity index (χ4v) is 2.21. The van der Waals surface area contributed by atoms with Gasteiger partial charge in [0.2, 0.25) is 0 Å². The number of Topliss-reactive ketones (excluding diaryl/α,β-unsaturated/α-hetero) is 1. The van der Waals surface area contributed by atoms with Gasteiger partial charge in [-0.3, -0.25) is 14.9 Å². The zero-order valence-electron chi connectivity index (χ0n) is 10.4. The van der Waals surface area contributed by atoms with E-state index in [1.165, 1.54) is 19.1 Å². The number of nitrogens with one attached hydrogen (secondary N) is 1. The predicted molar refractivity (Wildman–Crippen MR) is 71.2 cm³/mol. The molecule has 0 unspecified atom stereocenters. The Balaban J connectivity index is 2.18. The van der Waals surface area contributed by atoms with Crippen LogP contribution >= 0.6 is 11.3 Å². The molecule has 1 aromatic carbocycles. The molecular weight excluding hydrogens is 267 g/mol. The molecule has 0 atom stereocenters. The van der Waals surface area contributed by atoms with Crippen LogP contribution in [0.25, 0.3) is 0 Å². The lowest BCUT2D eigenvalue weighted by atomic mass is 10.1. The number of halogens is 1. The minimum Gasteiger partial charge on any atom is -0.298 e. The number of aromatic nitrogens is 1. The number of amides is 1. The molecule has 1 aromatic heterocycles. The maximum atomic E-state index is 13.6. The second-order valence-electron chi connectivity index (χ2n) is 4.03. The number of aryl methyl sites for hydroxylation is 1. The summed E-state index contributed by atoms with van der Waals surface area (Å²) in [5.41, 5.74) is 0.969. The molecule has 0 saturated carbocycles. The topological polar surface area (TPSA) is 59.1 Å². The Bertz CT molecular complexity index is 652. The average molecular weight is 278 g/mol. The number of ketones is 1. The molecule has 19 heavy (non-hydrogen) atoms. The lowest BCUT2D eigenvalue weighted by Gasteiger charge is -2.03. The molecule has 0 aliphatic carbocycles. The summed E-state index contributed by atoms with van der Waals surface area (Å²) < 4.78 is 13.6. The number of anilines is 1. The summed E-state index contributed by atoms with van der Waals surface area (Å²) in [6.07, 6.45) is 0. The summed E-state index contributed by atoms with van der Waals surface area (Å²) >= 11 is 1.12. The lowest BCUT2D eigenvalue weighted by molar-refractivity contribution is 0.100. The number of thiazole rings is 1. The van der Waals surface area contributed by atoms with Crippen molar-refractivity contribution in [3.63, 3.8) is 0 Å².